The molecule has 0 saturated heterocycles. The van der Waals surface area contributed by atoms with Gasteiger partial charge in [-0.2, -0.15) is 0 Å². The van der Waals surface area contributed by atoms with Crippen molar-refractivity contribution < 1.29 is 33.3 Å². The summed E-state index contributed by atoms with van der Waals surface area (Å²) in [5, 5.41) is 0. The predicted molar refractivity (Wildman–Crippen MR) is 51.8 cm³/mol. The number of rotatable bonds is 2. The summed E-state index contributed by atoms with van der Waals surface area (Å²) in [4.78, 5) is 0. The third-order valence-electron chi connectivity index (χ3n) is 2.94. The highest BCUT2D eigenvalue weighted by Gasteiger charge is 2.38. The Labute approximate surface area is 107 Å². The van der Waals surface area contributed by atoms with E-state index < -0.39 is 10.2 Å². The van der Waals surface area contributed by atoms with Crippen LogP contribution < -0.4 is 18.6 Å². The SMILES string of the molecule is Cc1cc(C2CC2)[o+]c(C2CC2)c1.[O-][Cl+3]([O-])([O-])[O-]. The average molecular weight is 275 g/mol. The molecule has 0 atom stereocenters. The molecular weight excluding hydrogens is 260 g/mol. The molecule has 2 aliphatic rings. The summed E-state index contributed by atoms with van der Waals surface area (Å²) < 4.78 is 39.9. The van der Waals surface area contributed by atoms with Gasteiger partial charge in [-0.3, -0.25) is 0 Å². The normalized spacial score (nSPS) is 19.2. The predicted octanol–water partition coefficient (Wildman–Crippen LogP) is -1.13. The summed E-state index contributed by atoms with van der Waals surface area (Å²) in [5.74, 6) is 3.97. The minimum Gasteiger partial charge on any atom is -0.222 e. The molecule has 1 heterocycles. The van der Waals surface area contributed by atoms with Crippen LogP contribution in [0, 0.1) is 17.2 Å². The molecule has 0 radical (unpaired) electrons. The Bertz CT molecular complexity index is 385. The third-order valence-corrected chi connectivity index (χ3v) is 2.94. The van der Waals surface area contributed by atoms with Crippen LogP contribution in [0.2, 0.25) is 0 Å². The molecule has 5 nitrogen and oxygen atoms in total. The molecule has 1 aromatic rings. The Morgan fingerprint density at radius 1 is 0.944 bits per heavy atom. The first-order chi connectivity index (χ1) is 8.33. The fourth-order valence-corrected chi connectivity index (χ4v) is 1.82. The van der Waals surface area contributed by atoms with Gasteiger partial charge in [-0.05, 0) is 38.2 Å². The number of hydrogen-bond donors (Lipinski definition) is 0. The van der Waals surface area contributed by atoms with Crippen molar-refractivity contribution in [3.05, 3.63) is 29.2 Å². The average Bonchev–Trinajstić information content (AvgIpc) is 3.08. The molecule has 6 heteroatoms. The quantitative estimate of drug-likeness (QED) is 0.635. The van der Waals surface area contributed by atoms with Crippen LogP contribution in [-0.4, -0.2) is 0 Å². The van der Waals surface area contributed by atoms with Crippen molar-refractivity contribution in [3.8, 4) is 0 Å². The second-order valence-electron chi connectivity index (χ2n) is 4.87. The highest BCUT2D eigenvalue weighted by Crippen LogP contribution is 2.45. The van der Waals surface area contributed by atoms with Crippen LogP contribution >= 0.6 is 0 Å². The summed E-state index contributed by atoms with van der Waals surface area (Å²) in [6, 6.07) is 4.42. The first-order valence-corrected chi connectivity index (χ1v) is 7.12. The van der Waals surface area contributed by atoms with E-state index >= 15 is 0 Å². The van der Waals surface area contributed by atoms with Crippen LogP contribution in [0.5, 0.6) is 0 Å². The molecule has 0 aromatic carbocycles. The lowest BCUT2D eigenvalue weighted by atomic mass is 10.1. The van der Waals surface area contributed by atoms with E-state index in [1.807, 2.05) is 0 Å². The zero-order valence-corrected chi connectivity index (χ0v) is 10.8. The van der Waals surface area contributed by atoms with Gasteiger partial charge in [-0.15, -0.1) is 10.2 Å². The molecule has 0 N–H and O–H groups in total. The standard InChI is InChI=1S/C12H15O.ClHO4/c1-8-6-11(9-2-3-9)13-12(7-8)10-4-5-10;2-1(3,4)5/h6-7,9-10H,2-5H2,1H3;(H,2,3,4,5)/q+1;/p-1. The van der Waals surface area contributed by atoms with Crippen LogP contribution in [0.3, 0.4) is 0 Å². The molecule has 0 unspecified atom stereocenters. The van der Waals surface area contributed by atoms with Crippen LogP contribution in [0.4, 0.5) is 0 Å². The Hall–Kier alpha value is -0.720. The fourth-order valence-electron chi connectivity index (χ4n) is 1.82. The van der Waals surface area contributed by atoms with Crippen LogP contribution in [0.15, 0.2) is 16.5 Å². The summed E-state index contributed by atoms with van der Waals surface area (Å²) in [6.45, 7) is 2.17. The lowest BCUT2D eigenvalue weighted by Gasteiger charge is -2.17. The van der Waals surface area contributed by atoms with Gasteiger partial charge < -0.3 is 0 Å². The second-order valence-corrected chi connectivity index (χ2v) is 5.62. The lowest BCUT2D eigenvalue weighted by Crippen LogP contribution is -2.68. The Kier molecular flexibility index (Phi) is 3.89. The van der Waals surface area contributed by atoms with E-state index in [0.717, 1.165) is 11.8 Å². The maximum Gasteiger partial charge on any atom is 0.332 e. The number of halogens is 1. The minimum atomic E-state index is -4.94. The van der Waals surface area contributed by atoms with Gasteiger partial charge in [-0.1, -0.05) is 0 Å². The van der Waals surface area contributed by atoms with E-state index in [1.54, 1.807) is 0 Å². The van der Waals surface area contributed by atoms with E-state index in [-0.39, 0.29) is 0 Å². The van der Waals surface area contributed by atoms with Gasteiger partial charge in [0.2, 0.25) is 0 Å². The van der Waals surface area contributed by atoms with E-state index in [9.17, 15) is 0 Å². The maximum atomic E-state index is 8.49. The topological polar surface area (TPSA) is 104 Å². The van der Waals surface area contributed by atoms with Gasteiger partial charge in [0.1, 0.15) is 0 Å². The Morgan fingerprint density at radius 3 is 1.56 bits per heavy atom. The molecule has 0 aliphatic heterocycles. The van der Waals surface area contributed by atoms with Crippen molar-refractivity contribution in [3.63, 3.8) is 0 Å². The number of aryl methyl sites for hydroxylation is 1. The van der Waals surface area contributed by atoms with Crippen molar-refractivity contribution >= 4 is 0 Å². The molecule has 2 aliphatic carbocycles. The highest BCUT2D eigenvalue weighted by molar-refractivity contribution is 5.24. The lowest BCUT2D eigenvalue weighted by molar-refractivity contribution is -2.00. The summed E-state index contributed by atoms with van der Waals surface area (Å²) >= 11 is 0. The smallest absolute Gasteiger partial charge is 0.222 e. The zero-order chi connectivity index (χ0) is 13.3. The van der Waals surface area contributed by atoms with Gasteiger partial charge >= 0.3 is 11.5 Å². The largest absolute Gasteiger partial charge is 0.332 e. The van der Waals surface area contributed by atoms with Gasteiger partial charge in [-0.25, -0.2) is 23.1 Å². The van der Waals surface area contributed by atoms with E-state index in [0.29, 0.717) is 0 Å². The Morgan fingerprint density at radius 2 is 1.28 bits per heavy atom. The number of hydrogen-bond acceptors (Lipinski definition) is 4. The van der Waals surface area contributed by atoms with Gasteiger partial charge in [0.25, 0.3) is 0 Å². The van der Waals surface area contributed by atoms with Gasteiger partial charge in [0.05, 0.1) is 11.8 Å². The summed E-state index contributed by atoms with van der Waals surface area (Å²) in [5.41, 5.74) is 1.37. The van der Waals surface area contributed by atoms with Crippen LogP contribution in [0.25, 0.3) is 0 Å². The molecule has 3 rings (SSSR count). The first-order valence-electron chi connectivity index (χ1n) is 5.89. The van der Waals surface area contributed by atoms with Gasteiger partial charge in [0, 0.05) is 12.1 Å². The van der Waals surface area contributed by atoms with E-state index in [2.05, 4.69) is 19.1 Å². The molecule has 0 spiro atoms. The van der Waals surface area contributed by atoms with Crippen molar-refractivity contribution in [1.29, 1.82) is 0 Å². The molecule has 18 heavy (non-hydrogen) atoms. The third kappa shape index (κ3) is 4.88. The second kappa shape index (κ2) is 5.11. The highest BCUT2D eigenvalue weighted by atomic mass is 35.7. The van der Waals surface area contributed by atoms with E-state index in [4.69, 9.17) is 23.1 Å². The fraction of sp³-hybridized carbons (Fsp3) is 0.583. The van der Waals surface area contributed by atoms with Crippen molar-refractivity contribution in [1.82, 2.24) is 0 Å². The molecule has 2 fully saturated rings. The first kappa shape index (κ1) is 13.7. The molecule has 1 aromatic heterocycles. The van der Waals surface area contributed by atoms with Gasteiger partial charge in [0.15, 0.2) is 0 Å². The molecular formula is C12H15ClO5. The van der Waals surface area contributed by atoms with Crippen molar-refractivity contribution in [2.75, 3.05) is 0 Å². The maximum absolute atomic E-state index is 8.49. The zero-order valence-electron chi connectivity index (χ0n) is 10.1. The van der Waals surface area contributed by atoms with E-state index in [1.165, 1.54) is 42.8 Å². The molecule has 2 saturated carbocycles. The van der Waals surface area contributed by atoms with Crippen molar-refractivity contribution in [2.24, 2.45) is 0 Å². The molecule has 0 amide bonds. The monoisotopic (exact) mass is 274 g/mol. The summed E-state index contributed by atoms with van der Waals surface area (Å²) in [7, 11) is -4.94. The van der Waals surface area contributed by atoms with Crippen LogP contribution in [0.1, 0.15) is 54.6 Å². The molecule has 100 valence electrons. The van der Waals surface area contributed by atoms with Crippen LogP contribution in [-0.2, 0) is 0 Å². The summed E-state index contributed by atoms with van der Waals surface area (Å²) in [6.07, 6.45) is 5.32. The Balaban J connectivity index is 0.000000209. The minimum absolute atomic E-state index is 0.748. The van der Waals surface area contributed by atoms with Crippen molar-refractivity contribution in [2.45, 2.75) is 44.4 Å². The molecule has 0 bridgehead atoms.